The van der Waals surface area contributed by atoms with Gasteiger partial charge < -0.3 is 20.5 Å². The van der Waals surface area contributed by atoms with E-state index in [1.54, 1.807) is 19.2 Å². The van der Waals surface area contributed by atoms with Crippen LogP contribution in [0.5, 0.6) is 5.75 Å². The average molecular weight is 301 g/mol. The summed E-state index contributed by atoms with van der Waals surface area (Å²) >= 11 is 6.07. The molecule has 6 heteroatoms. The zero-order chi connectivity index (χ0) is 15.0. The fourth-order valence-corrected chi connectivity index (χ4v) is 1.80. The van der Waals surface area contributed by atoms with Crippen molar-refractivity contribution in [1.82, 2.24) is 5.32 Å². The number of hydrogen-bond donors (Lipinski definition) is 2. The first-order valence-electron chi connectivity index (χ1n) is 6.48. The molecule has 0 fully saturated rings. The van der Waals surface area contributed by atoms with Crippen molar-refractivity contribution in [3.63, 3.8) is 0 Å². The van der Waals surface area contributed by atoms with Gasteiger partial charge in [0.1, 0.15) is 5.75 Å². The number of carbonyl (C=O) groups is 1. The Hall–Kier alpha value is -1.30. The molecule has 3 N–H and O–H groups in total. The van der Waals surface area contributed by atoms with E-state index in [0.717, 1.165) is 12.0 Å². The molecule has 0 saturated carbocycles. The molecule has 0 bridgehead atoms. The molecule has 0 saturated heterocycles. The van der Waals surface area contributed by atoms with Gasteiger partial charge in [0.05, 0.1) is 5.02 Å². The number of benzene rings is 1. The number of nitrogens with two attached hydrogens (primary N) is 1. The third kappa shape index (κ3) is 5.77. The summed E-state index contributed by atoms with van der Waals surface area (Å²) < 4.78 is 10.3. The van der Waals surface area contributed by atoms with Crippen molar-refractivity contribution in [2.75, 3.05) is 26.9 Å². The van der Waals surface area contributed by atoms with Crippen molar-refractivity contribution in [2.24, 2.45) is 5.73 Å². The molecule has 0 aliphatic rings. The summed E-state index contributed by atoms with van der Waals surface area (Å²) in [4.78, 5) is 11.5. The predicted molar refractivity (Wildman–Crippen MR) is 79.1 cm³/mol. The van der Waals surface area contributed by atoms with Crippen LogP contribution in [0.4, 0.5) is 0 Å². The van der Waals surface area contributed by atoms with Gasteiger partial charge in [-0.2, -0.15) is 0 Å². The Kier molecular flexibility index (Phi) is 7.36. The molecule has 0 aromatic heterocycles. The number of rotatable bonds is 8. The lowest BCUT2D eigenvalue weighted by molar-refractivity contribution is -0.123. The van der Waals surface area contributed by atoms with Crippen LogP contribution in [0.2, 0.25) is 5.02 Å². The second-order valence-electron chi connectivity index (χ2n) is 4.46. The molecule has 1 aromatic carbocycles. The molecule has 1 amide bonds. The summed E-state index contributed by atoms with van der Waals surface area (Å²) in [7, 11) is 1.62. The summed E-state index contributed by atoms with van der Waals surface area (Å²) in [6, 6.07) is 5.21. The second kappa shape index (κ2) is 8.79. The minimum atomic E-state index is -0.187. The first-order chi connectivity index (χ1) is 9.54. The first-order valence-corrected chi connectivity index (χ1v) is 6.86. The highest BCUT2D eigenvalue weighted by atomic mass is 35.5. The van der Waals surface area contributed by atoms with E-state index in [4.69, 9.17) is 26.8 Å². The maximum absolute atomic E-state index is 11.5. The van der Waals surface area contributed by atoms with E-state index in [1.807, 2.05) is 13.0 Å². The molecular formula is C14H21ClN2O3. The Morgan fingerprint density at radius 1 is 1.50 bits per heavy atom. The number of ether oxygens (including phenoxy) is 2. The number of halogens is 1. The summed E-state index contributed by atoms with van der Waals surface area (Å²) in [5.41, 5.74) is 6.68. The predicted octanol–water partition coefficient (Wildman–Crippen LogP) is 1.89. The zero-order valence-electron chi connectivity index (χ0n) is 11.8. The van der Waals surface area contributed by atoms with E-state index in [0.29, 0.717) is 23.9 Å². The van der Waals surface area contributed by atoms with Gasteiger partial charge in [-0.1, -0.05) is 17.7 Å². The summed E-state index contributed by atoms with van der Waals surface area (Å²) in [5.74, 6) is 0.288. The van der Waals surface area contributed by atoms with Crippen molar-refractivity contribution in [3.8, 4) is 5.75 Å². The Balaban J connectivity index is 2.39. The number of carbonyl (C=O) groups excluding carboxylic acids is 1. The summed E-state index contributed by atoms with van der Waals surface area (Å²) in [5, 5.41) is 3.18. The molecule has 5 nitrogen and oxygen atoms in total. The van der Waals surface area contributed by atoms with Crippen LogP contribution in [0.1, 0.15) is 24.9 Å². The Bertz CT molecular complexity index is 438. The standard InChI is InChI=1S/C14H21ClN2O3/c1-10(16)11-4-5-13(12(15)8-11)20-9-14(18)17-6-3-7-19-2/h4-5,8,10H,3,6-7,9,16H2,1-2H3,(H,17,18)/t10-/m1/s1. The van der Waals surface area contributed by atoms with Crippen LogP contribution in [0.15, 0.2) is 18.2 Å². The van der Waals surface area contributed by atoms with Crippen LogP contribution in [0.3, 0.4) is 0 Å². The van der Waals surface area contributed by atoms with Gasteiger partial charge in [0.15, 0.2) is 6.61 Å². The van der Waals surface area contributed by atoms with Gasteiger partial charge in [0, 0.05) is 26.3 Å². The van der Waals surface area contributed by atoms with Crippen molar-refractivity contribution >= 4 is 17.5 Å². The highest BCUT2D eigenvalue weighted by molar-refractivity contribution is 6.32. The van der Waals surface area contributed by atoms with Crippen LogP contribution >= 0.6 is 11.6 Å². The molecule has 112 valence electrons. The fraction of sp³-hybridized carbons (Fsp3) is 0.500. The molecule has 1 aromatic rings. The van der Waals surface area contributed by atoms with Gasteiger partial charge in [-0.05, 0) is 31.0 Å². The maximum atomic E-state index is 11.5. The van der Waals surface area contributed by atoms with Crippen molar-refractivity contribution in [1.29, 1.82) is 0 Å². The van der Waals surface area contributed by atoms with E-state index >= 15 is 0 Å². The topological polar surface area (TPSA) is 73.6 Å². The normalized spacial score (nSPS) is 12.0. The van der Waals surface area contributed by atoms with Crippen LogP contribution in [-0.2, 0) is 9.53 Å². The number of methoxy groups -OCH3 is 1. The molecule has 1 rings (SSSR count). The molecule has 0 aliphatic carbocycles. The van der Waals surface area contributed by atoms with Crippen molar-refractivity contribution < 1.29 is 14.3 Å². The second-order valence-corrected chi connectivity index (χ2v) is 4.87. The van der Waals surface area contributed by atoms with E-state index in [-0.39, 0.29) is 18.6 Å². The lowest BCUT2D eigenvalue weighted by Crippen LogP contribution is -2.30. The largest absolute Gasteiger partial charge is 0.482 e. The van der Waals surface area contributed by atoms with Crippen LogP contribution < -0.4 is 15.8 Å². The van der Waals surface area contributed by atoms with E-state index in [1.165, 1.54) is 0 Å². The smallest absolute Gasteiger partial charge is 0.257 e. The maximum Gasteiger partial charge on any atom is 0.257 e. The third-order valence-electron chi connectivity index (χ3n) is 2.69. The van der Waals surface area contributed by atoms with Gasteiger partial charge in [-0.25, -0.2) is 0 Å². The number of hydrogen-bond acceptors (Lipinski definition) is 4. The van der Waals surface area contributed by atoms with E-state index < -0.39 is 0 Å². The molecule has 0 aliphatic heterocycles. The van der Waals surface area contributed by atoms with Gasteiger partial charge in [-0.3, -0.25) is 4.79 Å². The molecule has 0 unspecified atom stereocenters. The highest BCUT2D eigenvalue weighted by Gasteiger charge is 2.08. The molecule has 0 spiro atoms. The quantitative estimate of drug-likeness (QED) is 0.719. The van der Waals surface area contributed by atoms with Crippen LogP contribution in [0, 0.1) is 0 Å². The summed E-state index contributed by atoms with van der Waals surface area (Å²) in [6.45, 7) is 2.99. The van der Waals surface area contributed by atoms with Crippen molar-refractivity contribution in [2.45, 2.75) is 19.4 Å². The van der Waals surface area contributed by atoms with Crippen LogP contribution in [-0.4, -0.2) is 32.8 Å². The van der Waals surface area contributed by atoms with Crippen molar-refractivity contribution in [3.05, 3.63) is 28.8 Å². The number of nitrogens with one attached hydrogen (secondary N) is 1. The highest BCUT2D eigenvalue weighted by Crippen LogP contribution is 2.27. The Morgan fingerprint density at radius 3 is 2.85 bits per heavy atom. The minimum absolute atomic E-state index is 0.0653. The number of amides is 1. The lowest BCUT2D eigenvalue weighted by atomic mass is 10.1. The lowest BCUT2D eigenvalue weighted by Gasteiger charge is -2.11. The zero-order valence-corrected chi connectivity index (χ0v) is 12.6. The van der Waals surface area contributed by atoms with Gasteiger partial charge >= 0.3 is 0 Å². The molecule has 1 atom stereocenters. The monoisotopic (exact) mass is 300 g/mol. The van der Waals surface area contributed by atoms with Gasteiger partial charge in [-0.15, -0.1) is 0 Å². The molecule has 20 heavy (non-hydrogen) atoms. The molecule has 0 heterocycles. The van der Waals surface area contributed by atoms with Crippen LogP contribution in [0.25, 0.3) is 0 Å². The third-order valence-corrected chi connectivity index (χ3v) is 2.98. The SMILES string of the molecule is COCCCNC(=O)COc1ccc([C@@H](C)N)cc1Cl. The Labute approximate surface area is 124 Å². The van der Waals surface area contributed by atoms with E-state index in [9.17, 15) is 4.79 Å². The first kappa shape index (κ1) is 16.8. The average Bonchev–Trinajstić information content (AvgIpc) is 2.42. The fourth-order valence-electron chi connectivity index (χ4n) is 1.56. The Morgan fingerprint density at radius 2 is 2.25 bits per heavy atom. The van der Waals surface area contributed by atoms with Gasteiger partial charge in [0.2, 0.25) is 0 Å². The summed E-state index contributed by atoms with van der Waals surface area (Å²) in [6.07, 6.45) is 0.770. The molecule has 0 radical (unpaired) electrons. The van der Waals surface area contributed by atoms with Gasteiger partial charge in [0.25, 0.3) is 5.91 Å². The van der Waals surface area contributed by atoms with E-state index in [2.05, 4.69) is 5.32 Å². The minimum Gasteiger partial charge on any atom is -0.482 e. The molecular weight excluding hydrogens is 280 g/mol.